The summed E-state index contributed by atoms with van der Waals surface area (Å²) in [5.74, 6) is 0.747. The topological polar surface area (TPSA) is 61.7 Å². The number of aliphatic hydroxyl groups excluding tert-OH is 1. The maximum Gasteiger partial charge on any atom is 0.226 e. The molecule has 1 saturated heterocycles. The van der Waals surface area contributed by atoms with Gasteiger partial charge in [0.25, 0.3) is 0 Å². The van der Waals surface area contributed by atoms with Crippen molar-refractivity contribution >= 4 is 12.0 Å². The molecule has 1 unspecified atom stereocenters. The normalized spacial score (nSPS) is 18.2. The molecule has 0 spiro atoms. The van der Waals surface area contributed by atoms with Gasteiger partial charge in [-0.2, -0.15) is 0 Å². The zero-order valence-electron chi connectivity index (χ0n) is 13.0. The fraction of sp³-hybridized carbons (Fsp3) is 0.600. The van der Waals surface area contributed by atoms with Gasteiger partial charge in [0.2, 0.25) is 5.95 Å². The lowest BCUT2D eigenvalue weighted by Gasteiger charge is -2.36. The van der Waals surface area contributed by atoms with Crippen molar-refractivity contribution in [3.8, 4) is 0 Å². The lowest BCUT2D eigenvalue weighted by molar-refractivity contribution is 0.0151. The minimum Gasteiger partial charge on any atom is -0.501 e. The van der Waals surface area contributed by atoms with Gasteiger partial charge in [-0.05, 0) is 32.9 Å². The smallest absolute Gasteiger partial charge is 0.226 e. The van der Waals surface area contributed by atoms with Crippen LogP contribution in [0.25, 0.3) is 6.08 Å². The van der Waals surface area contributed by atoms with Crippen LogP contribution in [0.4, 0.5) is 5.95 Å². The first kappa shape index (κ1) is 15.7. The highest BCUT2D eigenvalue weighted by Crippen LogP contribution is 2.14. The number of ether oxygens (including phenoxy) is 1. The van der Waals surface area contributed by atoms with Crippen LogP contribution < -0.4 is 4.90 Å². The van der Waals surface area contributed by atoms with E-state index in [2.05, 4.69) is 14.9 Å². The van der Waals surface area contributed by atoms with Crippen LogP contribution in [0.1, 0.15) is 25.2 Å². The van der Waals surface area contributed by atoms with Gasteiger partial charge < -0.3 is 14.7 Å². The summed E-state index contributed by atoms with van der Waals surface area (Å²) in [7, 11) is 0. The maximum atomic E-state index is 9.60. The molecule has 1 atom stereocenters. The third-order valence-corrected chi connectivity index (χ3v) is 3.49. The molecule has 6 heteroatoms. The molecule has 1 aliphatic heterocycles. The number of hydrogen-bond acceptors (Lipinski definition) is 6. The number of rotatable bonds is 5. The summed E-state index contributed by atoms with van der Waals surface area (Å²) < 4.78 is 5.21. The van der Waals surface area contributed by atoms with Crippen molar-refractivity contribution in [2.45, 2.75) is 27.0 Å². The average Bonchev–Trinajstić information content (AvgIpc) is 2.47. The van der Waals surface area contributed by atoms with E-state index in [0.717, 1.165) is 43.5 Å². The van der Waals surface area contributed by atoms with Crippen LogP contribution in [-0.4, -0.2) is 59.0 Å². The molecule has 0 radical (unpaired) electrons. The molecular weight excluding hydrogens is 268 g/mol. The Morgan fingerprint density at radius 1 is 1.33 bits per heavy atom. The Morgan fingerprint density at radius 2 is 2.05 bits per heavy atom. The van der Waals surface area contributed by atoms with E-state index in [0.29, 0.717) is 6.61 Å². The van der Waals surface area contributed by atoms with Crippen LogP contribution in [0, 0.1) is 6.92 Å². The second-order valence-corrected chi connectivity index (χ2v) is 5.15. The van der Waals surface area contributed by atoms with Crippen molar-refractivity contribution in [1.29, 1.82) is 0 Å². The van der Waals surface area contributed by atoms with Gasteiger partial charge in [-0.25, -0.2) is 9.97 Å². The minimum absolute atomic E-state index is 0.393. The van der Waals surface area contributed by atoms with Gasteiger partial charge >= 0.3 is 0 Å². The summed E-state index contributed by atoms with van der Waals surface area (Å²) >= 11 is 0. The maximum absolute atomic E-state index is 9.60. The fourth-order valence-corrected chi connectivity index (χ4v) is 2.31. The molecule has 0 amide bonds. The van der Waals surface area contributed by atoms with Crippen molar-refractivity contribution in [3.63, 3.8) is 0 Å². The Hall–Kier alpha value is -1.66. The summed E-state index contributed by atoms with van der Waals surface area (Å²) in [4.78, 5) is 13.3. The van der Waals surface area contributed by atoms with Crippen LogP contribution in [0.5, 0.6) is 0 Å². The molecule has 21 heavy (non-hydrogen) atoms. The summed E-state index contributed by atoms with van der Waals surface area (Å²) in [6, 6.07) is 1.94. The van der Waals surface area contributed by atoms with Crippen molar-refractivity contribution in [2.75, 3.05) is 37.7 Å². The van der Waals surface area contributed by atoms with Gasteiger partial charge in [-0.1, -0.05) is 0 Å². The number of aryl methyl sites for hydroxylation is 1. The molecule has 1 N–H and O–H groups in total. The van der Waals surface area contributed by atoms with Crippen LogP contribution in [-0.2, 0) is 4.74 Å². The van der Waals surface area contributed by atoms with Gasteiger partial charge in [0.05, 0.1) is 18.6 Å². The molecule has 1 aliphatic rings. The number of piperazine rings is 1. The van der Waals surface area contributed by atoms with Crippen molar-refractivity contribution < 1.29 is 9.84 Å². The van der Waals surface area contributed by atoms with E-state index in [4.69, 9.17) is 4.74 Å². The molecule has 2 rings (SSSR count). The minimum atomic E-state index is -0.393. The molecule has 0 bridgehead atoms. The van der Waals surface area contributed by atoms with Gasteiger partial charge in [0.15, 0.2) is 0 Å². The molecule has 6 nitrogen and oxygen atoms in total. The Balaban J connectivity index is 2.06. The quantitative estimate of drug-likeness (QED) is 0.824. The highest BCUT2D eigenvalue weighted by Gasteiger charge is 2.21. The lowest BCUT2D eigenvalue weighted by Crippen LogP contribution is -2.50. The van der Waals surface area contributed by atoms with E-state index in [9.17, 15) is 5.11 Å². The van der Waals surface area contributed by atoms with Crippen LogP contribution in [0.3, 0.4) is 0 Å². The van der Waals surface area contributed by atoms with Crippen LogP contribution in [0.15, 0.2) is 12.3 Å². The monoisotopic (exact) mass is 292 g/mol. The molecule has 0 aromatic carbocycles. The van der Waals surface area contributed by atoms with Gasteiger partial charge in [0, 0.05) is 31.9 Å². The standard InChI is InChI=1S/C15H24N4O2/c1-4-21-10-5-14-11-12(2)16-15(17-14)19-8-6-18(7-9-19)13(3)20/h5,10-11,13,20H,4,6-9H2,1-3H3/b10-5+. The highest BCUT2D eigenvalue weighted by molar-refractivity contribution is 5.47. The third kappa shape index (κ3) is 4.41. The van der Waals surface area contributed by atoms with Crippen molar-refractivity contribution in [1.82, 2.24) is 14.9 Å². The summed E-state index contributed by atoms with van der Waals surface area (Å²) in [6.45, 7) is 9.65. The second kappa shape index (κ2) is 7.38. The molecule has 1 aromatic heterocycles. The van der Waals surface area contributed by atoms with E-state index < -0.39 is 6.23 Å². The molecule has 116 valence electrons. The molecule has 2 heterocycles. The van der Waals surface area contributed by atoms with E-state index in [1.807, 2.05) is 30.9 Å². The summed E-state index contributed by atoms with van der Waals surface area (Å²) in [5, 5.41) is 9.60. The first-order valence-corrected chi connectivity index (χ1v) is 7.41. The fourth-order valence-electron chi connectivity index (χ4n) is 2.31. The number of anilines is 1. The largest absolute Gasteiger partial charge is 0.501 e. The summed E-state index contributed by atoms with van der Waals surface area (Å²) in [6.07, 6.45) is 3.13. The van der Waals surface area contributed by atoms with Gasteiger partial charge in [-0.15, -0.1) is 0 Å². The first-order valence-electron chi connectivity index (χ1n) is 7.41. The predicted molar refractivity (Wildman–Crippen MR) is 82.9 cm³/mol. The highest BCUT2D eigenvalue weighted by atomic mass is 16.5. The van der Waals surface area contributed by atoms with Crippen molar-refractivity contribution in [2.24, 2.45) is 0 Å². The van der Waals surface area contributed by atoms with E-state index >= 15 is 0 Å². The number of hydrogen-bond donors (Lipinski definition) is 1. The van der Waals surface area contributed by atoms with E-state index in [1.165, 1.54) is 0 Å². The predicted octanol–water partition coefficient (Wildman–Crippen LogP) is 1.25. The molecule has 0 aliphatic carbocycles. The number of aliphatic hydroxyl groups is 1. The molecule has 0 saturated carbocycles. The Morgan fingerprint density at radius 3 is 2.67 bits per heavy atom. The van der Waals surface area contributed by atoms with Gasteiger partial charge in [0.1, 0.15) is 6.23 Å². The SMILES string of the molecule is CCO/C=C/c1cc(C)nc(N2CCN(C(C)O)CC2)n1. The molecule has 1 fully saturated rings. The van der Waals surface area contributed by atoms with Crippen LogP contribution >= 0.6 is 0 Å². The van der Waals surface area contributed by atoms with E-state index in [1.54, 1.807) is 13.2 Å². The number of aromatic nitrogens is 2. The van der Waals surface area contributed by atoms with Crippen LogP contribution in [0.2, 0.25) is 0 Å². The zero-order valence-corrected chi connectivity index (χ0v) is 13.0. The zero-order chi connectivity index (χ0) is 15.2. The second-order valence-electron chi connectivity index (χ2n) is 5.15. The third-order valence-electron chi connectivity index (χ3n) is 3.49. The Kier molecular flexibility index (Phi) is 5.52. The van der Waals surface area contributed by atoms with Gasteiger partial charge in [-0.3, -0.25) is 4.90 Å². The first-order chi connectivity index (χ1) is 10.1. The Labute approximate surface area is 126 Å². The van der Waals surface area contributed by atoms with Crippen molar-refractivity contribution in [3.05, 3.63) is 23.7 Å². The molecular formula is C15H24N4O2. The number of nitrogens with zero attached hydrogens (tertiary/aromatic N) is 4. The average molecular weight is 292 g/mol. The molecule has 1 aromatic rings. The summed E-state index contributed by atoms with van der Waals surface area (Å²) in [5.41, 5.74) is 1.79. The lowest BCUT2D eigenvalue weighted by atomic mass is 10.3. The van der Waals surface area contributed by atoms with E-state index in [-0.39, 0.29) is 0 Å². The Bertz CT molecular complexity index is 483.